The summed E-state index contributed by atoms with van der Waals surface area (Å²) < 4.78 is 11.4. The van der Waals surface area contributed by atoms with Crippen molar-refractivity contribution in [2.24, 2.45) is 5.92 Å². The molecule has 4 heteroatoms. The third-order valence-electron chi connectivity index (χ3n) is 4.72. The van der Waals surface area contributed by atoms with Gasteiger partial charge in [0.25, 0.3) is 0 Å². The molecular formula is C17H21ClO3. The number of carbonyl (C=O) groups excluding carboxylic acids is 1. The van der Waals surface area contributed by atoms with Crippen LogP contribution >= 0.6 is 11.6 Å². The van der Waals surface area contributed by atoms with Gasteiger partial charge in [0.05, 0.1) is 5.60 Å². The lowest BCUT2D eigenvalue weighted by atomic mass is 9.78. The van der Waals surface area contributed by atoms with Crippen LogP contribution in [0.3, 0.4) is 0 Å². The van der Waals surface area contributed by atoms with Gasteiger partial charge in [0.15, 0.2) is 5.78 Å². The number of hydrogen-bond donors (Lipinski definition) is 0. The van der Waals surface area contributed by atoms with Crippen LogP contribution in [0.4, 0.5) is 0 Å². The molecule has 114 valence electrons. The second-order valence-corrected chi connectivity index (χ2v) is 6.57. The summed E-state index contributed by atoms with van der Waals surface area (Å²) in [6.07, 6.45) is 3.39. The maximum absolute atomic E-state index is 12.7. The van der Waals surface area contributed by atoms with E-state index in [1.807, 2.05) is 19.1 Å². The number of ether oxygens (including phenoxy) is 2. The summed E-state index contributed by atoms with van der Waals surface area (Å²) in [4.78, 5) is 12.7. The Morgan fingerprint density at radius 2 is 2.05 bits per heavy atom. The minimum Gasteiger partial charge on any atom is -0.381 e. The largest absolute Gasteiger partial charge is 0.381 e. The topological polar surface area (TPSA) is 35.5 Å². The van der Waals surface area contributed by atoms with Gasteiger partial charge in [0, 0.05) is 36.3 Å². The second kappa shape index (κ2) is 6.07. The van der Waals surface area contributed by atoms with Crippen LogP contribution in [-0.4, -0.2) is 31.2 Å². The number of aryl methyl sites for hydroxylation is 1. The molecule has 3 nitrogen and oxygen atoms in total. The Kier molecular flexibility index (Phi) is 4.34. The summed E-state index contributed by atoms with van der Waals surface area (Å²) in [5.41, 5.74) is 1.58. The van der Waals surface area contributed by atoms with E-state index in [-0.39, 0.29) is 17.3 Å². The van der Waals surface area contributed by atoms with E-state index in [1.165, 1.54) is 0 Å². The maximum atomic E-state index is 12.7. The molecule has 0 aromatic heterocycles. The number of rotatable bonds is 2. The van der Waals surface area contributed by atoms with Crippen molar-refractivity contribution in [3.63, 3.8) is 0 Å². The van der Waals surface area contributed by atoms with E-state index >= 15 is 0 Å². The van der Waals surface area contributed by atoms with E-state index in [2.05, 4.69) is 0 Å². The van der Waals surface area contributed by atoms with E-state index in [4.69, 9.17) is 21.1 Å². The molecule has 0 aliphatic carbocycles. The smallest absolute Gasteiger partial charge is 0.166 e. The summed E-state index contributed by atoms with van der Waals surface area (Å²) in [6.45, 7) is 4.08. The minimum absolute atomic E-state index is 0.0376. The summed E-state index contributed by atoms with van der Waals surface area (Å²) in [6, 6.07) is 5.60. The molecule has 0 bridgehead atoms. The quantitative estimate of drug-likeness (QED) is 0.779. The van der Waals surface area contributed by atoms with Crippen LogP contribution < -0.4 is 0 Å². The normalized spacial score (nSPS) is 25.0. The highest BCUT2D eigenvalue weighted by Gasteiger charge is 2.41. The van der Waals surface area contributed by atoms with Gasteiger partial charge in [-0.3, -0.25) is 4.79 Å². The zero-order valence-electron chi connectivity index (χ0n) is 12.4. The van der Waals surface area contributed by atoms with Crippen LogP contribution in [0.25, 0.3) is 0 Å². The Hall–Kier alpha value is -0.900. The van der Waals surface area contributed by atoms with Crippen molar-refractivity contribution >= 4 is 17.4 Å². The van der Waals surface area contributed by atoms with Crippen molar-refractivity contribution in [1.82, 2.24) is 0 Å². The highest BCUT2D eigenvalue weighted by Crippen LogP contribution is 2.38. The van der Waals surface area contributed by atoms with Crippen LogP contribution in [0.1, 0.15) is 41.6 Å². The molecular weight excluding hydrogens is 288 g/mol. The van der Waals surface area contributed by atoms with Gasteiger partial charge in [0.2, 0.25) is 0 Å². The van der Waals surface area contributed by atoms with E-state index < -0.39 is 0 Å². The van der Waals surface area contributed by atoms with E-state index in [0.717, 1.165) is 50.0 Å². The molecule has 0 amide bonds. The molecule has 1 spiro atoms. The van der Waals surface area contributed by atoms with Crippen molar-refractivity contribution < 1.29 is 14.3 Å². The summed E-state index contributed by atoms with van der Waals surface area (Å²) >= 11 is 6.15. The molecule has 2 aliphatic rings. The first-order valence-corrected chi connectivity index (χ1v) is 8.00. The average Bonchev–Trinajstić information content (AvgIpc) is 2.50. The molecule has 1 atom stereocenters. The lowest BCUT2D eigenvalue weighted by Gasteiger charge is -2.42. The lowest BCUT2D eigenvalue weighted by Crippen LogP contribution is -2.45. The SMILES string of the molecule is Cc1ccc(C(=O)C2CCOC3(CCOCC3)C2)cc1Cl. The highest BCUT2D eigenvalue weighted by molar-refractivity contribution is 6.31. The summed E-state index contributed by atoms with van der Waals surface area (Å²) in [7, 11) is 0. The van der Waals surface area contributed by atoms with Crippen LogP contribution in [0, 0.1) is 12.8 Å². The Morgan fingerprint density at radius 3 is 2.76 bits per heavy atom. The maximum Gasteiger partial charge on any atom is 0.166 e. The molecule has 0 saturated carbocycles. The average molecular weight is 309 g/mol. The third kappa shape index (κ3) is 3.15. The van der Waals surface area contributed by atoms with Crippen LogP contribution in [0.15, 0.2) is 18.2 Å². The summed E-state index contributed by atoms with van der Waals surface area (Å²) in [5.74, 6) is 0.238. The molecule has 2 heterocycles. The van der Waals surface area contributed by atoms with Gasteiger partial charge in [-0.1, -0.05) is 23.7 Å². The zero-order valence-corrected chi connectivity index (χ0v) is 13.1. The van der Waals surface area contributed by atoms with Gasteiger partial charge in [-0.2, -0.15) is 0 Å². The van der Waals surface area contributed by atoms with Gasteiger partial charge in [-0.25, -0.2) is 0 Å². The molecule has 2 saturated heterocycles. The fourth-order valence-electron chi connectivity index (χ4n) is 3.33. The van der Waals surface area contributed by atoms with Gasteiger partial charge in [-0.05, 0) is 44.2 Å². The molecule has 1 unspecified atom stereocenters. The molecule has 2 fully saturated rings. The van der Waals surface area contributed by atoms with Crippen molar-refractivity contribution in [3.8, 4) is 0 Å². The van der Waals surface area contributed by atoms with Gasteiger partial charge < -0.3 is 9.47 Å². The van der Waals surface area contributed by atoms with Crippen molar-refractivity contribution in [3.05, 3.63) is 34.3 Å². The predicted molar refractivity (Wildman–Crippen MR) is 82.0 cm³/mol. The molecule has 21 heavy (non-hydrogen) atoms. The predicted octanol–water partition coefficient (Wildman–Crippen LogP) is 3.81. The van der Waals surface area contributed by atoms with E-state index in [1.54, 1.807) is 6.07 Å². The molecule has 0 N–H and O–H groups in total. The van der Waals surface area contributed by atoms with E-state index in [9.17, 15) is 4.79 Å². The minimum atomic E-state index is -0.148. The Morgan fingerprint density at radius 1 is 1.29 bits per heavy atom. The fourth-order valence-corrected chi connectivity index (χ4v) is 3.51. The van der Waals surface area contributed by atoms with Crippen molar-refractivity contribution in [1.29, 1.82) is 0 Å². The third-order valence-corrected chi connectivity index (χ3v) is 5.13. The summed E-state index contributed by atoms with van der Waals surface area (Å²) in [5, 5.41) is 0.661. The lowest BCUT2D eigenvalue weighted by molar-refractivity contribution is -0.142. The number of halogens is 1. The Balaban J connectivity index is 1.76. The van der Waals surface area contributed by atoms with Crippen LogP contribution in [0.2, 0.25) is 5.02 Å². The van der Waals surface area contributed by atoms with Gasteiger partial charge in [0.1, 0.15) is 0 Å². The second-order valence-electron chi connectivity index (χ2n) is 6.16. The Labute approximate surface area is 130 Å². The van der Waals surface area contributed by atoms with Crippen molar-refractivity contribution in [2.45, 2.75) is 38.2 Å². The molecule has 3 rings (SSSR count). The molecule has 2 aliphatic heterocycles. The number of benzene rings is 1. The van der Waals surface area contributed by atoms with Crippen LogP contribution in [0.5, 0.6) is 0 Å². The van der Waals surface area contributed by atoms with Crippen molar-refractivity contribution in [2.75, 3.05) is 19.8 Å². The molecule has 1 aromatic carbocycles. The van der Waals surface area contributed by atoms with E-state index in [0.29, 0.717) is 11.6 Å². The number of hydrogen-bond acceptors (Lipinski definition) is 3. The number of ketones is 1. The zero-order chi connectivity index (χ0) is 14.9. The first-order chi connectivity index (χ1) is 10.1. The molecule has 1 aromatic rings. The van der Waals surface area contributed by atoms with Gasteiger partial charge in [-0.15, -0.1) is 0 Å². The van der Waals surface area contributed by atoms with Gasteiger partial charge >= 0.3 is 0 Å². The Bertz CT molecular complexity index is 529. The monoisotopic (exact) mass is 308 g/mol. The van der Waals surface area contributed by atoms with Crippen LogP contribution in [-0.2, 0) is 9.47 Å². The first kappa shape index (κ1) is 15.0. The standard InChI is InChI=1S/C17H21ClO3/c1-12-2-3-13(10-15(12)18)16(19)14-4-7-21-17(11-14)5-8-20-9-6-17/h2-3,10,14H,4-9,11H2,1H3. The number of Topliss-reactive ketones (excluding diaryl/α,β-unsaturated/α-hetero) is 1. The first-order valence-electron chi connectivity index (χ1n) is 7.62. The highest BCUT2D eigenvalue weighted by atomic mass is 35.5. The number of carbonyl (C=O) groups is 1. The fraction of sp³-hybridized carbons (Fsp3) is 0.588. The molecule has 0 radical (unpaired) electrons.